The maximum atomic E-state index is 13.5. The summed E-state index contributed by atoms with van der Waals surface area (Å²) in [7, 11) is 0. The molecule has 4 aromatic rings. The van der Waals surface area contributed by atoms with Crippen molar-refractivity contribution < 1.29 is 38.1 Å². The summed E-state index contributed by atoms with van der Waals surface area (Å²) >= 11 is 0. The fourth-order valence-electron chi connectivity index (χ4n) is 5.56. The first-order chi connectivity index (χ1) is 24.3. The first-order valence-corrected chi connectivity index (χ1v) is 16.6. The topological polar surface area (TPSA) is 152 Å². The number of carbonyl (C=O) groups excluding carboxylic acids is 4. The molecule has 50 heavy (non-hydrogen) atoms. The average molecular weight is 682 g/mol. The molecule has 1 aromatic heterocycles. The molecule has 0 spiro atoms. The Morgan fingerprint density at radius 2 is 1.32 bits per heavy atom. The highest BCUT2D eigenvalue weighted by molar-refractivity contribution is 5.92. The Balaban J connectivity index is 1.47. The van der Waals surface area contributed by atoms with Crippen molar-refractivity contribution in [2.45, 2.75) is 64.1 Å². The van der Waals surface area contributed by atoms with E-state index in [1.54, 1.807) is 91.0 Å². The zero-order valence-electron chi connectivity index (χ0n) is 27.8. The largest absolute Gasteiger partial charge is 0.459 e. The van der Waals surface area contributed by atoms with Crippen LogP contribution in [-0.4, -0.2) is 58.3 Å². The number of aromatic nitrogens is 2. The molecule has 260 valence electrons. The number of esters is 3. The lowest BCUT2D eigenvalue weighted by Crippen LogP contribution is -2.42. The number of nitrogens with zero attached hydrogens (tertiary/aromatic N) is 2. The van der Waals surface area contributed by atoms with Gasteiger partial charge < -0.3 is 24.3 Å². The van der Waals surface area contributed by atoms with Crippen molar-refractivity contribution in [3.05, 3.63) is 130 Å². The van der Waals surface area contributed by atoms with Crippen LogP contribution in [0, 0.1) is 5.92 Å². The van der Waals surface area contributed by atoms with Crippen LogP contribution < -0.4 is 11.0 Å². The molecular formula is C38H39N3O9. The van der Waals surface area contributed by atoms with Gasteiger partial charge in [0.1, 0.15) is 18.5 Å². The fraction of sp³-hybridized carbons (Fsp3) is 0.316. The van der Waals surface area contributed by atoms with Gasteiger partial charge in [0.25, 0.3) is 0 Å². The number of amides is 1. The Bertz CT molecular complexity index is 1820. The summed E-state index contributed by atoms with van der Waals surface area (Å²) in [6, 6.07) is 26.0. The maximum Gasteiger partial charge on any atom is 0.351 e. The quantitative estimate of drug-likeness (QED) is 0.131. The molecule has 1 unspecified atom stereocenters. The van der Waals surface area contributed by atoms with Crippen molar-refractivity contribution in [1.29, 1.82) is 0 Å². The number of benzene rings is 3. The number of ether oxygens (including phenoxy) is 4. The van der Waals surface area contributed by atoms with E-state index in [0.717, 1.165) is 17.4 Å². The van der Waals surface area contributed by atoms with Crippen molar-refractivity contribution in [1.82, 2.24) is 9.55 Å². The van der Waals surface area contributed by atoms with Crippen LogP contribution in [0.15, 0.2) is 108 Å². The second-order valence-electron chi connectivity index (χ2n) is 11.7. The molecular weight excluding hydrogens is 642 g/mol. The van der Waals surface area contributed by atoms with Gasteiger partial charge in [0.05, 0.1) is 16.7 Å². The number of nitrogens with one attached hydrogen (secondary N) is 1. The van der Waals surface area contributed by atoms with Crippen LogP contribution in [0.1, 0.15) is 76.8 Å². The Hall–Kier alpha value is -5.62. The highest BCUT2D eigenvalue weighted by Gasteiger charge is 2.51. The van der Waals surface area contributed by atoms with Crippen LogP contribution in [0.2, 0.25) is 0 Å². The highest BCUT2D eigenvalue weighted by Crippen LogP contribution is 2.35. The summed E-state index contributed by atoms with van der Waals surface area (Å²) in [5.74, 6) is -2.62. The molecule has 12 nitrogen and oxygen atoms in total. The van der Waals surface area contributed by atoms with E-state index in [-0.39, 0.29) is 34.3 Å². The zero-order valence-corrected chi connectivity index (χ0v) is 27.8. The van der Waals surface area contributed by atoms with E-state index in [1.165, 1.54) is 12.3 Å². The average Bonchev–Trinajstić information content (AvgIpc) is 3.47. The first kappa shape index (κ1) is 35.7. The van der Waals surface area contributed by atoms with Crippen molar-refractivity contribution in [3.8, 4) is 0 Å². The minimum Gasteiger partial charge on any atom is -0.459 e. The van der Waals surface area contributed by atoms with Crippen LogP contribution in [0.4, 0.5) is 5.82 Å². The second-order valence-corrected chi connectivity index (χ2v) is 11.7. The normalized spacial score (nSPS) is 18.8. The molecule has 1 N–H and O–H groups in total. The van der Waals surface area contributed by atoms with Gasteiger partial charge in [0.2, 0.25) is 5.91 Å². The number of carbonyl (C=O) groups is 4. The van der Waals surface area contributed by atoms with E-state index in [9.17, 15) is 24.0 Å². The summed E-state index contributed by atoms with van der Waals surface area (Å²) in [5.41, 5.74) is -0.127. The Morgan fingerprint density at radius 1 is 0.780 bits per heavy atom. The molecule has 0 bridgehead atoms. The van der Waals surface area contributed by atoms with Gasteiger partial charge in [-0.3, -0.25) is 9.36 Å². The highest BCUT2D eigenvalue weighted by atomic mass is 16.7. The second kappa shape index (κ2) is 17.2. The molecule has 5 atom stereocenters. The predicted octanol–water partition coefficient (Wildman–Crippen LogP) is 5.60. The van der Waals surface area contributed by atoms with Gasteiger partial charge in [-0.05, 0) is 55.3 Å². The molecule has 0 aliphatic carbocycles. The van der Waals surface area contributed by atoms with E-state index in [2.05, 4.69) is 10.3 Å². The SMILES string of the molecule is CCCCC(CC)C(=O)Nc1ccn([C@@H]2O[C@H](COC(=O)c3ccccc3)[C@@H](OC(=O)c3ccccc3)[C@H]2OC(=O)c2ccccc2)c(=O)n1. The third-order valence-corrected chi connectivity index (χ3v) is 8.30. The molecule has 1 aliphatic heterocycles. The van der Waals surface area contributed by atoms with E-state index < -0.39 is 54.7 Å². The van der Waals surface area contributed by atoms with Crippen molar-refractivity contribution >= 4 is 29.6 Å². The van der Waals surface area contributed by atoms with E-state index >= 15 is 0 Å². The molecule has 5 rings (SSSR count). The van der Waals surface area contributed by atoms with Gasteiger partial charge in [-0.2, -0.15) is 4.98 Å². The van der Waals surface area contributed by atoms with Crippen molar-refractivity contribution in [3.63, 3.8) is 0 Å². The Labute approximate surface area is 289 Å². The zero-order chi connectivity index (χ0) is 35.5. The lowest BCUT2D eigenvalue weighted by molar-refractivity contribution is -0.120. The number of hydrogen-bond donors (Lipinski definition) is 1. The molecule has 12 heteroatoms. The van der Waals surface area contributed by atoms with Crippen LogP contribution in [0.5, 0.6) is 0 Å². The molecule has 0 radical (unpaired) electrons. The summed E-state index contributed by atoms with van der Waals surface area (Å²) in [6.45, 7) is 3.56. The van der Waals surface area contributed by atoms with Gasteiger partial charge in [-0.25, -0.2) is 19.2 Å². The molecule has 0 saturated carbocycles. The Morgan fingerprint density at radius 3 is 1.84 bits per heavy atom. The van der Waals surface area contributed by atoms with Crippen LogP contribution in [-0.2, 0) is 23.7 Å². The standard InChI is InChI=1S/C38H39N3O9/c1-3-5-15-25(4-2)33(42)39-30-22-23-41(38(46)40-30)34-32(50-37(45)28-20-13-8-14-21-28)31(49-36(44)27-18-11-7-12-19-27)29(48-34)24-47-35(43)26-16-9-6-10-17-26/h6-14,16-23,25,29,31-32,34H,3-5,15,24H2,1-2H3,(H,39,40,42,46)/t25?,29-,31-,32-,34-/m1/s1. The minimum atomic E-state index is -1.39. The van der Waals surface area contributed by atoms with Crippen molar-refractivity contribution in [2.75, 3.05) is 11.9 Å². The molecule has 1 aliphatic rings. The summed E-state index contributed by atoms with van der Waals surface area (Å²) in [5, 5.41) is 2.72. The van der Waals surface area contributed by atoms with E-state index in [4.69, 9.17) is 18.9 Å². The van der Waals surface area contributed by atoms with Gasteiger partial charge in [-0.15, -0.1) is 0 Å². The Kier molecular flexibility index (Phi) is 12.2. The number of unbranched alkanes of at least 4 members (excludes halogenated alkanes) is 1. The number of hydrogen-bond acceptors (Lipinski definition) is 10. The third-order valence-electron chi connectivity index (χ3n) is 8.30. The van der Waals surface area contributed by atoms with E-state index in [0.29, 0.717) is 12.8 Å². The molecule has 1 fully saturated rings. The van der Waals surface area contributed by atoms with Crippen LogP contribution in [0.25, 0.3) is 0 Å². The molecule has 3 aromatic carbocycles. The minimum absolute atomic E-state index is 0.0439. The van der Waals surface area contributed by atoms with Gasteiger partial charge in [0, 0.05) is 12.1 Å². The fourth-order valence-corrected chi connectivity index (χ4v) is 5.56. The molecule has 2 heterocycles. The monoisotopic (exact) mass is 681 g/mol. The lowest BCUT2D eigenvalue weighted by Gasteiger charge is -2.25. The molecule has 1 amide bonds. The lowest BCUT2D eigenvalue weighted by atomic mass is 9.98. The predicted molar refractivity (Wildman–Crippen MR) is 182 cm³/mol. The van der Waals surface area contributed by atoms with Gasteiger partial charge in [-0.1, -0.05) is 81.3 Å². The van der Waals surface area contributed by atoms with Crippen molar-refractivity contribution in [2.24, 2.45) is 5.92 Å². The summed E-state index contributed by atoms with van der Waals surface area (Å²) in [6.07, 6.45) is -0.747. The van der Waals surface area contributed by atoms with E-state index in [1.807, 2.05) is 13.8 Å². The smallest absolute Gasteiger partial charge is 0.351 e. The number of rotatable bonds is 14. The summed E-state index contributed by atoms with van der Waals surface area (Å²) < 4.78 is 24.7. The maximum absolute atomic E-state index is 13.5. The molecule has 1 saturated heterocycles. The number of anilines is 1. The first-order valence-electron chi connectivity index (χ1n) is 16.6. The van der Waals surface area contributed by atoms with Crippen LogP contribution in [0.3, 0.4) is 0 Å². The van der Waals surface area contributed by atoms with Gasteiger partial charge in [0.15, 0.2) is 18.4 Å². The van der Waals surface area contributed by atoms with Gasteiger partial charge >= 0.3 is 23.6 Å². The van der Waals surface area contributed by atoms with Crippen LogP contribution >= 0.6 is 0 Å². The summed E-state index contributed by atoms with van der Waals surface area (Å²) in [4.78, 5) is 70.1. The third kappa shape index (κ3) is 8.88.